The van der Waals surface area contributed by atoms with Crippen molar-refractivity contribution in [1.82, 2.24) is 15.2 Å². The van der Waals surface area contributed by atoms with E-state index < -0.39 is 0 Å². The second-order valence-corrected chi connectivity index (χ2v) is 8.58. The van der Waals surface area contributed by atoms with E-state index in [0.717, 1.165) is 13.1 Å². The minimum absolute atomic E-state index is 0.265. The SMILES string of the molecule is CCC1(C)CNC2(CCCC2)CN1Cc1nc(C)c(C)s1. The number of nitrogens with zero attached hydrogens (tertiary/aromatic N) is 2. The van der Waals surface area contributed by atoms with Crippen molar-refractivity contribution < 1.29 is 0 Å². The van der Waals surface area contributed by atoms with E-state index in [1.54, 1.807) is 0 Å². The molecule has 2 fully saturated rings. The van der Waals surface area contributed by atoms with Gasteiger partial charge in [-0.1, -0.05) is 19.8 Å². The predicted molar refractivity (Wildman–Crippen MR) is 89.9 cm³/mol. The van der Waals surface area contributed by atoms with Crippen LogP contribution < -0.4 is 5.32 Å². The zero-order valence-electron chi connectivity index (χ0n) is 14.0. The van der Waals surface area contributed by atoms with Crippen LogP contribution in [-0.2, 0) is 6.54 Å². The lowest BCUT2D eigenvalue weighted by atomic mass is 9.85. The van der Waals surface area contributed by atoms with Crippen molar-refractivity contribution in [3.63, 3.8) is 0 Å². The van der Waals surface area contributed by atoms with Crippen molar-refractivity contribution in [2.75, 3.05) is 13.1 Å². The van der Waals surface area contributed by atoms with E-state index in [4.69, 9.17) is 4.98 Å². The molecule has 0 radical (unpaired) electrons. The van der Waals surface area contributed by atoms with Gasteiger partial charge in [-0.15, -0.1) is 11.3 Å². The van der Waals surface area contributed by atoms with Gasteiger partial charge in [0.2, 0.25) is 0 Å². The van der Waals surface area contributed by atoms with Crippen molar-refractivity contribution in [3.8, 4) is 0 Å². The van der Waals surface area contributed by atoms with Gasteiger partial charge in [0.15, 0.2) is 0 Å². The Bertz CT molecular complexity index is 485. The van der Waals surface area contributed by atoms with Crippen molar-refractivity contribution in [2.24, 2.45) is 0 Å². The lowest BCUT2D eigenvalue weighted by Crippen LogP contribution is -2.67. The molecule has 2 heterocycles. The van der Waals surface area contributed by atoms with E-state index >= 15 is 0 Å². The highest BCUT2D eigenvalue weighted by Crippen LogP contribution is 2.37. The molecule has 0 amide bonds. The van der Waals surface area contributed by atoms with E-state index in [-0.39, 0.29) is 5.54 Å². The van der Waals surface area contributed by atoms with Crippen LogP contribution in [-0.4, -0.2) is 34.1 Å². The lowest BCUT2D eigenvalue weighted by molar-refractivity contribution is 0.00773. The molecule has 2 aliphatic rings. The van der Waals surface area contributed by atoms with Crippen molar-refractivity contribution in [3.05, 3.63) is 15.6 Å². The Balaban J connectivity index is 1.80. The van der Waals surface area contributed by atoms with E-state index in [1.807, 2.05) is 11.3 Å². The molecule has 1 spiro atoms. The number of piperazine rings is 1. The second kappa shape index (κ2) is 5.64. The number of rotatable bonds is 3. The maximum absolute atomic E-state index is 4.78. The first-order valence-corrected chi connectivity index (χ1v) is 9.21. The fraction of sp³-hybridized carbons (Fsp3) is 0.824. The molecule has 3 rings (SSSR count). The van der Waals surface area contributed by atoms with Crippen LogP contribution in [0.5, 0.6) is 0 Å². The van der Waals surface area contributed by atoms with E-state index in [9.17, 15) is 0 Å². The van der Waals surface area contributed by atoms with Gasteiger partial charge in [0.1, 0.15) is 5.01 Å². The Hall–Kier alpha value is -0.450. The fourth-order valence-electron chi connectivity index (χ4n) is 3.85. The van der Waals surface area contributed by atoms with Gasteiger partial charge in [-0.25, -0.2) is 4.98 Å². The van der Waals surface area contributed by atoms with Crippen molar-refractivity contribution in [1.29, 1.82) is 0 Å². The summed E-state index contributed by atoms with van der Waals surface area (Å²) in [5.41, 5.74) is 1.86. The first-order valence-electron chi connectivity index (χ1n) is 8.39. The van der Waals surface area contributed by atoms with Gasteiger partial charge in [-0.05, 0) is 40.0 Å². The van der Waals surface area contributed by atoms with Crippen LogP contribution in [0.3, 0.4) is 0 Å². The van der Waals surface area contributed by atoms with Gasteiger partial charge in [0, 0.05) is 29.0 Å². The summed E-state index contributed by atoms with van der Waals surface area (Å²) in [6.45, 7) is 12.4. The molecule has 0 bridgehead atoms. The molecule has 1 N–H and O–H groups in total. The van der Waals surface area contributed by atoms with Gasteiger partial charge < -0.3 is 5.32 Å². The molecule has 1 atom stereocenters. The smallest absolute Gasteiger partial charge is 0.107 e. The largest absolute Gasteiger partial charge is 0.308 e. The van der Waals surface area contributed by atoms with Crippen LogP contribution in [0.1, 0.15) is 61.5 Å². The molecule has 21 heavy (non-hydrogen) atoms. The molecule has 1 saturated carbocycles. The quantitative estimate of drug-likeness (QED) is 0.924. The van der Waals surface area contributed by atoms with Gasteiger partial charge in [-0.3, -0.25) is 4.90 Å². The van der Waals surface area contributed by atoms with E-state index in [0.29, 0.717) is 5.54 Å². The third-order valence-corrected chi connectivity index (χ3v) is 6.88. The summed E-state index contributed by atoms with van der Waals surface area (Å²) in [5.74, 6) is 0. The van der Waals surface area contributed by atoms with Crippen LogP contribution in [0, 0.1) is 13.8 Å². The number of thiazole rings is 1. The topological polar surface area (TPSA) is 28.2 Å². The van der Waals surface area contributed by atoms with E-state index in [1.165, 1.54) is 54.2 Å². The predicted octanol–water partition coefficient (Wildman–Crippen LogP) is 3.65. The van der Waals surface area contributed by atoms with Gasteiger partial charge >= 0.3 is 0 Å². The third-order valence-electron chi connectivity index (χ3n) is 5.82. The molecular weight excluding hydrogens is 278 g/mol. The fourth-order valence-corrected chi connectivity index (χ4v) is 4.80. The second-order valence-electron chi connectivity index (χ2n) is 7.30. The van der Waals surface area contributed by atoms with Crippen molar-refractivity contribution >= 4 is 11.3 Å². The summed E-state index contributed by atoms with van der Waals surface area (Å²) in [6, 6.07) is 0. The first-order chi connectivity index (χ1) is 9.96. The highest BCUT2D eigenvalue weighted by Gasteiger charge is 2.45. The minimum atomic E-state index is 0.265. The third kappa shape index (κ3) is 2.90. The number of hydrogen-bond donors (Lipinski definition) is 1. The summed E-state index contributed by atoms with van der Waals surface area (Å²) in [4.78, 5) is 8.86. The standard InChI is InChI=1S/C17H29N3S/c1-5-16(4)11-18-17(8-6-7-9-17)12-20(16)10-15-19-13(2)14(3)21-15/h18H,5-12H2,1-4H3. The molecular formula is C17H29N3S. The van der Waals surface area contributed by atoms with Gasteiger partial charge in [0.25, 0.3) is 0 Å². The highest BCUT2D eigenvalue weighted by molar-refractivity contribution is 7.11. The molecule has 1 unspecified atom stereocenters. The number of nitrogens with one attached hydrogen (secondary N) is 1. The zero-order valence-corrected chi connectivity index (χ0v) is 14.8. The normalized spacial score (nSPS) is 29.3. The number of aromatic nitrogens is 1. The van der Waals surface area contributed by atoms with Crippen LogP contribution in [0.2, 0.25) is 0 Å². The summed E-state index contributed by atoms with van der Waals surface area (Å²) < 4.78 is 0. The van der Waals surface area contributed by atoms with Gasteiger partial charge in [0.05, 0.1) is 12.2 Å². The average molecular weight is 308 g/mol. The van der Waals surface area contributed by atoms with E-state index in [2.05, 4.69) is 37.9 Å². The highest BCUT2D eigenvalue weighted by atomic mass is 32.1. The monoisotopic (exact) mass is 307 g/mol. The number of hydrogen-bond acceptors (Lipinski definition) is 4. The first kappa shape index (κ1) is 15.4. The Morgan fingerprint density at radius 2 is 2.00 bits per heavy atom. The molecule has 1 aromatic rings. The Kier molecular flexibility index (Phi) is 4.15. The number of aryl methyl sites for hydroxylation is 2. The Labute approximate surface area is 133 Å². The van der Waals surface area contributed by atoms with Crippen LogP contribution in [0.25, 0.3) is 0 Å². The summed E-state index contributed by atoms with van der Waals surface area (Å²) in [6.07, 6.45) is 6.66. The molecule has 0 aromatic carbocycles. The average Bonchev–Trinajstić information content (AvgIpc) is 3.03. The molecule has 4 heteroatoms. The Morgan fingerprint density at radius 1 is 1.29 bits per heavy atom. The maximum Gasteiger partial charge on any atom is 0.107 e. The van der Waals surface area contributed by atoms with Crippen LogP contribution in [0.15, 0.2) is 0 Å². The molecule has 1 aromatic heterocycles. The van der Waals surface area contributed by atoms with Crippen molar-refractivity contribution in [2.45, 2.75) is 77.4 Å². The Morgan fingerprint density at radius 3 is 2.57 bits per heavy atom. The molecule has 118 valence electrons. The summed E-state index contributed by atoms with van der Waals surface area (Å²) in [5, 5.41) is 5.20. The van der Waals surface area contributed by atoms with Crippen LogP contribution in [0.4, 0.5) is 0 Å². The van der Waals surface area contributed by atoms with Gasteiger partial charge in [-0.2, -0.15) is 0 Å². The molecule has 3 nitrogen and oxygen atoms in total. The molecule has 1 aliphatic heterocycles. The zero-order chi connectivity index (χ0) is 15.1. The summed E-state index contributed by atoms with van der Waals surface area (Å²) >= 11 is 1.88. The molecule has 1 saturated heterocycles. The maximum atomic E-state index is 4.78. The minimum Gasteiger partial charge on any atom is -0.308 e. The van der Waals surface area contributed by atoms with Crippen LogP contribution >= 0.6 is 11.3 Å². The molecule has 1 aliphatic carbocycles. The summed E-state index contributed by atoms with van der Waals surface area (Å²) in [7, 11) is 0. The lowest BCUT2D eigenvalue weighted by Gasteiger charge is -2.52.